The van der Waals surface area contributed by atoms with E-state index in [-0.39, 0.29) is 18.1 Å². The van der Waals surface area contributed by atoms with E-state index in [0.717, 1.165) is 63.3 Å². The van der Waals surface area contributed by atoms with Crippen LogP contribution < -0.4 is 5.32 Å². The Morgan fingerprint density at radius 3 is 2.74 bits per heavy atom. The third-order valence-corrected chi connectivity index (χ3v) is 5.25. The molecule has 1 saturated heterocycles. The van der Waals surface area contributed by atoms with Gasteiger partial charge in [0.15, 0.2) is 0 Å². The van der Waals surface area contributed by atoms with Gasteiger partial charge in [-0.15, -0.1) is 22.6 Å². The quantitative estimate of drug-likeness (QED) is 0.629. The van der Waals surface area contributed by atoms with Crippen molar-refractivity contribution in [1.82, 2.24) is 25.0 Å². The van der Waals surface area contributed by atoms with E-state index in [4.69, 9.17) is 0 Å². The minimum absolute atomic E-state index is 0. The van der Waals surface area contributed by atoms with Crippen LogP contribution in [0.1, 0.15) is 36.0 Å². The predicted octanol–water partition coefficient (Wildman–Crippen LogP) is 2.23. The molecule has 2 aliphatic rings. The van der Waals surface area contributed by atoms with E-state index in [2.05, 4.69) is 25.0 Å². The zero-order valence-electron chi connectivity index (χ0n) is 14.8. The molecule has 27 heavy (non-hydrogen) atoms. The van der Waals surface area contributed by atoms with Crippen molar-refractivity contribution in [1.29, 1.82) is 0 Å². The van der Waals surface area contributed by atoms with Crippen LogP contribution in [0, 0.1) is 15.9 Å². The standard InChI is InChI=1S/C17H21FN6O2.ClH/c18-15-9-14(24(25)26)2-1-13(15)11-22-6-3-12(4-7-22)17-21-20-16-10-19-5-8-23(16)17;/h1-2,9,12,19H,3-8,10-11H2;1H. The van der Waals surface area contributed by atoms with Crippen LogP contribution >= 0.6 is 12.4 Å². The Kier molecular flexibility index (Phi) is 6.03. The van der Waals surface area contributed by atoms with Crippen molar-refractivity contribution >= 4 is 18.1 Å². The van der Waals surface area contributed by atoms with Crippen molar-refractivity contribution in [3.05, 3.63) is 51.3 Å². The van der Waals surface area contributed by atoms with Gasteiger partial charge in [-0.1, -0.05) is 0 Å². The molecule has 0 radical (unpaired) electrons. The summed E-state index contributed by atoms with van der Waals surface area (Å²) in [6, 6.07) is 3.88. The second-order valence-electron chi connectivity index (χ2n) is 6.89. The summed E-state index contributed by atoms with van der Waals surface area (Å²) >= 11 is 0. The maximum atomic E-state index is 14.1. The highest BCUT2D eigenvalue weighted by Gasteiger charge is 2.27. The molecular weight excluding hydrogens is 375 g/mol. The molecule has 1 fully saturated rings. The summed E-state index contributed by atoms with van der Waals surface area (Å²) in [5, 5.41) is 22.7. The molecule has 1 N–H and O–H groups in total. The van der Waals surface area contributed by atoms with Crippen LogP contribution in [0.15, 0.2) is 18.2 Å². The number of benzene rings is 1. The van der Waals surface area contributed by atoms with Gasteiger partial charge in [-0.2, -0.15) is 0 Å². The van der Waals surface area contributed by atoms with E-state index in [1.165, 1.54) is 12.1 Å². The number of rotatable bonds is 4. The van der Waals surface area contributed by atoms with Gasteiger partial charge in [0.25, 0.3) is 5.69 Å². The van der Waals surface area contributed by atoms with Crippen molar-refractivity contribution < 1.29 is 9.31 Å². The number of nitrogens with zero attached hydrogens (tertiary/aromatic N) is 5. The Labute approximate surface area is 162 Å². The molecule has 0 atom stereocenters. The molecule has 1 aromatic heterocycles. The average Bonchev–Trinajstić information content (AvgIpc) is 3.08. The highest BCUT2D eigenvalue weighted by atomic mass is 35.5. The average molecular weight is 397 g/mol. The van der Waals surface area contributed by atoms with Crippen LogP contribution in [0.5, 0.6) is 0 Å². The Bertz CT molecular complexity index is 822. The molecule has 0 amide bonds. The number of piperidine rings is 1. The molecule has 0 saturated carbocycles. The molecule has 1 aromatic carbocycles. The maximum absolute atomic E-state index is 14.1. The molecule has 2 aliphatic heterocycles. The van der Waals surface area contributed by atoms with Crippen molar-refractivity contribution in [3.63, 3.8) is 0 Å². The first-order valence-electron chi connectivity index (χ1n) is 8.89. The Morgan fingerprint density at radius 2 is 2.04 bits per heavy atom. The molecule has 146 valence electrons. The SMILES string of the molecule is Cl.O=[N+]([O-])c1ccc(CN2CCC(c3nnc4n3CCNC4)CC2)c(F)c1. The van der Waals surface area contributed by atoms with E-state index in [0.29, 0.717) is 18.0 Å². The fraction of sp³-hybridized carbons (Fsp3) is 0.529. The minimum Gasteiger partial charge on any atom is -0.312 e. The van der Waals surface area contributed by atoms with Crippen LogP contribution in [-0.4, -0.2) is 44.2 Å². The van der Waals surface area contributed by atoms with E-state index >= 15 is 0 Å². The number of hydrogen-bond acceptors (Lipinski definition) is 6. The summed E-state index contributed by atoms with van der Waals surface area (Å²) in [7, 11) is 0. The fourth-order valence-corrected chi connectivity index (χ4v) is 3.78. The van der Waals surface area contributed by atoms with Crippen LogP contribution in [0.4, 0.5) is 10.1 Å². The number of hydrogen-bond donors (Lipinski definition) is 1. The van der Waals surface area contributed by atoms with E-state index in [1.54, 1.807) is 0 Å². The number of aromatic nitrogens is 3. The Morgan fingerprint density at radius 1 is 1.26 bits per heavy atom. The molecule has 8 nitrogen and oxygen atoms in total. The second-order valence-corrected chi connectivity index (χ2v) is 6.89. The molecule has 0 aliphatic carbocycles. The van der Waals surface area contributed by atoms with E-state index < -0.39 is 10.7 Å². The van der Waals surface area contributed by atoms with Crippen LogP contribution in [0.2, 0.25) is 0 Å². The Balaban J connectivity index is 0.00000210. The van der Waals surface area contributed by atoms with Gasteiger partial charge in [0.2, 0.25) is 0 Å². The molecule has 0 bridgehead atoms. The third kappa shape index (κ3) is 4.10. The number of nitro benzene ring substituents is 1. The van der Waals surface area contributed by atoms with Crippen molar-refractivity contribution in [3.8, 4) is 0 Å². The lowest BCUT2D eigenvalue weighted by Crippen LogP contribution is -2.35. The molecule has 10 heteroatoms. The van der Waals surface area contributed by atoms with Gasteiger partial charge < -0.3 is 9.88 Å². The van der Waals surface area contributed by atoms with Crippen molar-refractivity contribution in [2.24, 2.45) is 0 Å². The first-order chi connectivity index (χ1) is 12.6. The van der Waals surface area contributed by atoms with Gasteiger partial charge in [-0.05, 0) is 32.0 Å². The predicted molar refractivity (Wildman–Crippen MR) is 99.3 cm³/mol. The normalized spacial score (nSPS) is 18.0. The minimum atomic E-state index is -0.576. The van der Waals surface area contributed by atoms with Crippen LogP contribution in [0.25, 0.3) is 0 Å². The molecule has 3 heterocycles. The lowest BCUT2D eigenvalue weighted by atomic mass is 9.95. The second kappa shape index (κ2) is 8.28. The van der Waals surface area contributed by atoms with Gasteiger partial charge in [-0.3, -0.25) is 15.0 Å². The third-order valence-electron chi connectivity index (χ3n) is 5.25. The number of nitro groups is 1. The molecule has 0 spiro atoms. The molecule has 4 rings (SSSR count). The number of non-ortho nitro benzene ring substituents is 1. The summed E-state index contributed by atoms with van der Waals surface area (Å²) in [6.45, 7) is 4.79. The first kappa shape index (κ1) is 19.7. The van der Waals surface area contributed by atoms with Crippen molar-refractivity contribution in [2.75, 3.05) is 19.6 Å². The summed E-state index contributed by atoms with van der Waals surface area (Å²) in [6.07, 6.45) is 1.92. The summed E-state index contributed by atoms with van der Waals surface area (Å²) in [4.78, 5) is 12.3. The summed E-state index contributed by atoms with van der Waals surface area (Å²) in [5.41, 5.74) is 0.288. The monoisotopic (exact) mass is 396 g/mol. The maximum Gasteiger partial charge on any atom is 0.272 e. The summed E-state index contributed by atoms with van der Waals surface area (Å²) in [5.74, 6) is 1.94. The van der Waals surface area contributed by atoms with Crippen LogP contribution in [0.3, 0.4) is 0 Å². The van der Waals surface area contributed by atoms with Crippen molar-refractivity contribution in [2.45, 2.75) is 38.4 Å². The van der Waals surface area contributed by atoms with Gasteiger partial charge in [0.1, 0.15) is 17.5 Å². The molecule has 2 aromatic rings. The lowest BCUT2D eigenvalue weighted by molar-refractivity contribution is -0.385. The number of fused-ring (bicyclic) bond motifs is 1. The first-order valence-corrected chi connectivity index (χ1v) is 8.89. The topological polar surface area (TPSA) is 89.1 Å². The highest BCUT2D eigenvalue weighted by Crippen LogP contribution is 2.29. The zero-order valence-corrected chi connectivity index (χ0v) is 15.6. The molecular formula is C17H22ClFN6O2. The van der Waals surface area contributed by atoms with E-state index in [1.807, 2.05) is 0 Å². The lowest BCUT2D eigenvalue weighted by Gasteiger charge is -2.32. The van der Waals surface area contributed by atoms with E-state index in [9.17, 15) is 14.5 Å². The van der Waals surface area contributed by atoms with Gasteiger partial charge in [-0.25, -0.2) is 4.39 Å². The number of nitrogens with one attached hydrogen (secondary N) is 1. The van der Waals surface area contributed by atoms with Gasteiger partial charge in [0.05, 0.1) is 17.5 Å². The van der Waals surface area contributed by atoms with Crippen LogP contribution in [-0.2, 0) is 19.6 Å². The Hall–Kier alpha value is -2.10. The van der Waals surface area contributed by atoms with Gasteiger partial charge >= 0.3 is 0 Å². The summed E-state index contributed by atoms with van der Waals surface area (Å²) < 4.78 is 16.3. The highest BCUT2D eigenvalue weighted by molar-refractivity contribution is 5.85. The number of likely N-dealkylation sites (tertiary alicyclic amines) is 1. The largest absolute Gasteiger partial charge is 0.312 e. The number of halogens is 2. The smallest absolute Gasteiger partial charge is 0.272 e. The fourth-order valence-electron chi connectivity index (χ4n) is 3.78. The zero-order chi connectivity index (χ0) is 18.1. The molecule has 0 unspecified atom stereocenters. The van der Waals surface area contributed by atoms with Gasteiger partial charge in [0, 0.05) is 37.2 Å².